The Labute approximate surface area is 117 Å². The third kappa shape index (κ3) is 2.16. The molecular weight excluding hydrogens is 250 g/mol. The molecule has 0 unspecified atom stereocenters. The summed E-state index contributed by atoms with van der Waals surface area (Å²) in [4.78, 5) is 4.48. The summed E-state index contributed by atoms with van der Waals surface area (Å²) in [6, 6.07) is 13.6. The lowest BCUT2D eigenvalue weighted by Gasteiger charge is -2.01. The Kier molecular flexibility index (Phi) is 2.99. The average molecular weight is 265 g/mol. The van der Waals surface area contributed by atoms with Crippen LogP contribution in [-0.4, -0.2) is 10.1 Å². The molecule has 0 atom stereocenters. The number of anilines is 1. The minimum atomic E-state index is 0.515. The summed E-state index contributed by atoms with van der Waals surface area (Å²) in [5.74, 6) is 1.12. The molecule has 0 saturated heterocycles. The largest absolute Gasteiger partial charge is 0.399 e. The second-order valence-electron chi connectivity index (χ2n) is 4.81. The van der Waals surface area contributed by atoms with Crippen LogP contribution in [0.25, 0.3) is 22.8 Å². The SMILES string of the molecule is Cc1ccccc1-c1noc(-c2ccc(N)cc2C)n1. The van der Waals surface area contributed by atoms with Gasteiger partial charge in [-0.2, -0.15) is 4.98 Å². The Morgan fingerprint density at radius 2 is 1.75 bits per heavy atom. The fourth-order valence-electron chi connectivity index (χ4n) is 2.19. The van der Waals surface area contributed by atoms with Crippen molar-refractivity contribution in [3.63, 3.8) is 0 Å². The third-order valence-corrected chi connectivity index (χ3v) is 3.29. The van der Waals surface area contributed by atoms with Crippen LogP contribution in [0.4, 0.5) is 5.69 Å². The molecule has 1 aromatic heterocycles. The Hall–Kier alpha value is -2.62. The molecule has 0 radical (unpaired) electrons. The maximum absolute atomic E-state index is 5.76. The monoisotopic (exact) mass is 265 g/mol. The molecule has 20 heavy (non-hydrogen) atoms. The molecule has 1 heterocycles. The summed E-state index contributed by atoms with van der Waals surface area (Å²) in [6.07, 6.45) is 0. The highest BCUT2D eigenvalue weighted by Crippen LogP contribution is 2.27. The third-order valence-electron chi connectivity index (χ3n) is 3.29. The van der Waals surface area contributed by atoms with E-state index in [9.17, 15) is 0 Å². The van der Waals surface area contributed by atoms with Crippen LogP contribution in [0.1, 0.15) is 11.1 Å². The van der Waals surface area contributed by atoms with Crippen LogP contribution in [0, 0.1) is 13.8 Å². The average Bonchev–Trinajstić information content (AvgIpc) is 2.88. The van der Waals surface area contributed by atoms with Gasteiger partial charge in [-0.25, -0.2) is 0 Å². The Balaban J connectivity index is 2.04. The Morgan fingerprint density at radius 1 is 0.950 bits per heavy atom. The fraction of sp³-hybridized carbons (Fsp3) is 0.125. The van der Waals surface area contributed by atoms with Crippen LogP contribution in [0.15, 0.2) is 47.0 Å². The van der Waals surface area contributed by atoms with Crippen molar-refractivity contribution in [1.82, 2.24) is 10.1 Å². The highest BCUT2D eigenvalue weighted by molar-refractivity contribution is 5.66. The number of hydrogen-bond acceptors (Lipinski definition) is 4. The van der Waals surface area contributed by atoms with Crippen LogP contribution in [-0.2, 0) is 0 Å². The van der Waals surface area contributed by atoms with Gasteiger partial charge in [0, 0.05) is 16.8 Å². The molecule has 0 saturated carbocycles. The van der Waals surface area contributed by atoms with Crippen molar-refractivity contribution in [2.24, 2.45) is 0 Å². The van der Waals surface area contributed by atoms with Gasteiger partial charge in [0.25, 0.3) is 5.89 Å². The van der Waals surface area contributed by atoms with E-state index in [1.165, 1.54) is 0 Å². The van der Waals surface area contributed by atoms with Gasteiger partial charge >= 0.3 is 0 Å². The van der Waals surface area contributed by atoms with Crippen molar-refractivity contribution in [2.45, 2.75) is 13.8 Å². The lowest BCUT2D eigenvalue weighted by atomic mass is 10.1. The van der Waals surface area contributed by atoms with Crippen LogP contribution >= 0.6 is 0 Å². The first-order valence-corrected chi connectivity index (χ1v) is 6.41. The van der Waals surface area contributed by atoms with E-state index in [0.29, 0.717) is 11.7 Å². The molecule has 4 heteroatoms. The molecule has 2 N–H and O–H groups in total. The zero-order valence-corrected chi connectivity index (χ0v) is 11.4. The molecule has 3 rings (SSSR count). The van der Waals surface area contributed by atoms with Gasteiger partial charge in [0.1, 0.15) is 0 Å². The summed E-state index contributed by atoms with van der Waals surface area (Å²) in [7, 11) is 0. The molecule has 0 aliphatic heterocycles. The molecule has 3 aromatic rings. The van der Waals surface area contributed by atoms with Gasteiger partial charge in [-0.05, 0) is 43.2 Å². The number of nitrogens with two attached hydrogens (primary N) is 1. The number of nitrogen functional groups attached to an aromatic ring is 1. The number of aromatic nitrogens is 2. The summed E-state index contributed by atoms with van der Waals surface area (Å²) in [5, 5.41) is 4.07. The van der Waals surface area contributed by atoms with E-state index < -0.39 is 0 Å². The van der Waals surface area contributed by atoms with E-state index in [1.54, 1.807) is 0 Å². The minimum Gasteiger partial charge on any atom is -0.399 e. The van der Waals surface area contributed by atoms with Gasteiger partial charge in [0.15, 0.2) is 0 Å². The van der Waals surface area contributed by atoms with Crippen molar-refractivity contribution in [3.05, 3.63) is 53.6 Å². The van der Waals surface area contributed by atoms with E-state index in [0.717, 1.165) is 27.9 Å². The summed E-state index contributed by atoms with van der Waals surface area (Å²) < 4.78 is 5.38. The van der Waals surface area contributed by atoms with E-state index in [4.69, 9.17) is 10.3 Å². The van der Waals surface area contributed by atoms with Crippen molar-refractivity contribution < 1.29 is 4.52 Å². The number of hydrogen-bond donors (Lipinski definition) is 1. The molecule has 0 fully saturated rings. The first-order chi connectivity index (χ1) is 9.65. The van der Waals surface area contributed by atoms with Gasteiger partial charge in [-0.1, -0.05) is 29.4 Å². The first kappa shape index (κ1) is 12.4. The highest BCUT2D eigenvalue weighted by Gasteiger charge is 2.13. The van der Waals surface area contributed by atoms with Crippen molar-refractivity contribution in [1.29, 1.82) is 0 Å². The fourth-order valence-corrected chi connectivity index (χ4v) is 2.19. The molecule has 0 bridgehead atoms. The number of nitrogens with zero attached hydrogens (tertiary/aromatic N) is 2. The van der Waals surface area contributed by atoms with Crippen molar-refractivity contribution in [3.8, 4) is 22.8 Å². The Bertz CT molecular complexity index is 762. The zero-order valence-electron chi connectivity index (χ0n) is 11.4. The predicted octanol–water partition coefficient (Wildman–Crippen LogP) is 3.60. The molecule has 0 spiro atoms. The molecule has 2 aromatic carbocycles. The van der Waals surface area contributed by atoms with Crippen LogP contribution < -0.4 is 5.73 Å². The maximum Gasteiger partial charge on any atom is 0.258 e. The molecule has 4 nitrogen and oxygen atoms in total. The van der Waals surface area contributed by atoms with Crippen LogP contribution in [0.5, 0.6) is 0 Å². The van der Waals surface area contributed by atoms with Crippen molar-refractivity contribution >= 4 is 5.69 Å². The molecule has 0 aliphatic rings. The number of aryl methyl sites for hydroxylation is 2. The zero-order chi connectivity index (χ0) is 14.1. The Morgan fingerprint density at radius 3 is 2.50 bits per heavy atom. The molecule has 0 amide bonds. The maximum atomic E-state index is 5.76. The smallest absolute Gasteiger partial charge is 0.258 e. The molecule has 0 aliphatic carbocycles. The predicted molar refractivity (Wildman–Crippen MR) is 79.1 cm³/mol. The minimum absolute atomic E-state index is 0.515. The number of benzene rings is 2. The second kappa shape index (κ2) is 4.81. The summed E-state index contributed by atoms with van der Waals surface area (Å²) in [5.41, 5.74) is 10.5. The van der Waals surface area contributed by atoms with E-state index in [2.05, 4.69) is 10.1 Å². The first-order valence-electron chi connectivity index (χ1n) is 6.41. The van der Waals surface area contributed by atoms with Gasteiger partial charge in [-0.3, -0.25) is 0 Å². The summed E-state index contributed by atoms with van der Waals surface area (Å²) >= 11 is 0. The normalized spacial score (nSPS) is 10.7. The van der Waals surface area contributed by atoms with Gasteiger partial charge in [-0.15, -0.1) is 0 Å². The van der Waals surface area contributed by atoms with E-state index in [1.807, 2.05) is 56.3 Å². The van der Waals surface area contributed by atoms with Crippen LogP contribution in [0.3, 0.4) is 0 Å². The van der Waals surface area contributed by atoms with Gasteiger partial charge in [0.2, 0.25) is 5.82 Å². The van der Waals surface area contributed by atoms with Crippen LogP contribution in [0.2, 0.25) is 0 Å². The summed E-state index contributed by atoms with van der Waals surface area (Å²) in [6.45, 7) is 4.00. The molecular formula is C16H15N3O. The standard InChI is InChI=1S/C16H15N3O/c1-10-5-3-4-6-13(10)15-18-16(20-19-15)14-8-7-12(17)9-11(14)2/h3-9H,17H2,1-2H3. The van der Waals surface area contributed by atoms with E-state index in [-0.39, 0.29) is 0 Å². The highest BCUT2D eigenvalue weighted by atomic mass is 16.5. The lowest BCUT2D eigenvalue weighted by Crippen LogP contribution is -1.89. The van der Waals surface area contributed by atoms with Gasteiger partial charge in [0.05, 0.1) is 0 Å². The quantitative estimate of drug-likeness (QED) is 0.719. The number of rotatable bonds is 2. The van der Waals surface area contributed by atoms with Gasteiger partial charge < -0.3 is 10.3 Å². The lowest BCUT2D eigenvalue weighted by molar-refractivity contribution is 0.432. The second-order valence-corrected chi connectivity index (χ2v) is 4.81. The van der Waals surface area contributed by atoms with Crippen molar-refractivity contribution in [2.75, 3.05) is 5.73 Å². The molecule has 100 valence electrons. The topological polar surface area (TPSA) is 64.9 Å². The van der Waals surface area contributed by atoms with E-state index >= 15 is 0 Å².